The maximum Gasteiger partial charge on any atom is 0.208 e. The van der Waals surface area contributed by atoms with Gasteiger partial charge < -0.3 is 14.7 Å². The summed E-state index contributed by atoms with van der Waals surface area (Å²) in [6.07, 6.45) is 1.03. The molecule has 0 spiro atoms. The number of hydrogen-bond acceptors (Lipinski definition) is 6. The van der Waals surface area contributed by atoms with Crippen molar-refractivity contribution in [2.75, 3.05) is 25.2 Å². The molecule has 1 aromatic rings. The molecule has 0 radical (unpaired) electrons. The van der Waals surface area contributed by atoms with Crippen LogP contribution in [0.25, 0.3) is 0 Å². The van der Waals surface area contributed by atoms with Gasteiger partial charge in [-0.3, -0.25) is 0 Å². The van der Waals surface area contributed by atoms with Gasteiger partial charge in [-0.25, -0.2) is 0 Å². The zero-order valence-corrected chi connectivity index (χ0v) is 11.3. The first-order chi connectivity index (χ1) is 8.15. The number of aliphatic hydroxyl groups is 1. The van der Waals surface area contributed by atoms with E-state index in [9.17, 15) is 5.11 Å². The van der Waals surface area contributed by atoms with E-state index in [1.807, 2.05) is 0 Å². The Morgan fingerprint density at radius 3 is 2.82 bits per heavy atom. The van der Waals surface area contributed by atoms with Crippen molar-refractivity contribution in [2.45, 2.75) is 38.3 Å². The molecule has 0 unspecified atom stereocenters. The first-order valence-corrected chi connectivity index (χ1v) is 6.71. The van der Waals surface area contributed by atoms with Gasteiger partial charge in [-0.2, -0.15) is 0 Å². The van der Waals surface area contributed by atoms with Gasteiger partial charge in [0, 0.05) is 19.6 Å². The van der Waals surface area contributed by atoms with Crippen LogP contribution in [0.4, 0.5) is 5.13 Å². The average Bonchev–Trinajstić information content (AvgIpc) is 2.94. The first-order valence-electron chi connectivity index (χ1n) is 5.89. The smallest absolute Gasteiger partial charge is 0.208 e. The van der Waals surface area contributed by atoms with Gasteiger partial charge in [-0.05, 0) is 6.42 Å². The van der Waals surface area contributed by atoms with E-state index in [-0.39, 0.29) is 18.8 Å². The van der Waals surface area contributed by atoms with Gasteiger partial charge in [-0.1, -0.05) is 25.2 Å². The minimum absolute atomic E-state index is 0.105. The Labute approximate surface area is 105 Å². The summed E-state index contributed by atoms with van der Waals surface area (Å²) in [6.45, 7) is 5.14. The van der Waals surface area contributed by atoms with Gasteiger partial charge >= 0.3 is 0 Å². The second-order valence-corrected chi connectivity index (χ2v) is 5.65. The third kappa shape index (κ3) is 2.59. The molecule has 0 aliphatic carbocycles. The van der Waals surface area contributed by atoms with Gasteiger partial charge in [0.25, 0.3) is 0 Å². The predicted octanol–water partition coefficient (Wildman–Crippen LogP) is 1.25. The van der Waals surface area contributed by atoms with Gasteiger partial charge in [-0.15, -0.1) is 10.2 Å². The Kier molecular flexibility index (Phi) is 3.96. The van der Waals surface area contributed by atoms with Crippen molar-refractivity contribution in [1.29, 1.82) is 0 Å². The molecule has 1 fully saturated rings. The third-order valence-electron chi connectivity index (χ3n) is 3.09. The molecule has 0 saturated carbocycles. The normalized spacial score (nSPS) is 24.9. The van der Waals surface area contributed by atoms with E-state index in [1.54, 1.807) is 18.4 Å². The maximum atomic E-state index is 9.39. The van der Waals surface area contributed by atoms with Crippen LogP contribution in [0, 0.1) is 0 Å². The van der Waals surface area contributed by atoms with Crippen LogP contribution in [0.3, 0.4) is 0 Å². The zero-order valence-electron chi connectivity index (χ0n) is 10.5. The quantitative estimate of drug-likeness (QED) is 0.879. The molecule has 2 atom stereocenters. The van der Waals surface area contributed by atoms with Crippen LogP contribution < -0.4 is 4.90 Å². The van der Waals surface area contributed by atoms with E-state index in [2.05, 4.69) is 28.9 Å². The monoisotopic (exact) mass is 257 g/mol. The minimum Gasteiger partial charge on any atom is -0.394 e. The summed E-state index contributed by atoms with van der Waals surface area (Å²) in [5.74, 6) is 0.398. The SMILES string of the molecule is CO[C@@H]1C[C@@H](CO)N(c2nnc(C(C)C)s2)C1. The van der Waals surface area contributed by atoms with Crippen molar-refractivity contribution >= 4 is 16.5 Å². The second kappa shape index (κ2) is 5.29. The fourth-order valence-electron chi connectivity index (χ4n) is 2.03. The number of anilines is 1. The topological polar surface area (TPSA) is 58.5 Å². The fraction of sp³-hybridized carbons (Fsp3) is 0.818. The van der Waals surface area contributed by atoms with Crippen molar-refractivity contribution in [2.24, 2.45) is 0 Å². The van der Waals surface area contributed by atoms with Crippen molar-refractivity contribution in [3.8, 4) is 0 Å². The van der Waals surface area contributed by atoms with Crippen molar-refractivity contribution in [3.05, 3.63) is 5.01 Å². The summed E-state index contributed by atoms with van der Waals surface area (Å²) in [5, 5.41) is 19.7. The van der Waals surface area contributed by atoms with E-state index >= 15 is 0 Å². The fourth-order valence-corrected chi connectivity index (χ4v) is 2.95. The number of aliphatic hydroxyl groups excluding tert-OH is 1. The summed E-state index contributed by atoms with van der Waals surface area (Å²) in [6, 6.07) is 0.105. The summed E-state index contributed by atoms with van der Waals surface area (Å²) in [4.78, 5) is 2.11. The molecule has 1 N–H and O–H groups in total. The van der Waals surface area contributed by atoms with Crippen molar-refractivity contribution in [3.63, 3.8) is 0 Å². The molecule has 5 nitrogen and oxygen atoms in total. The molecule has 6 heteroatoms. The van der Waals surface area contributed by atoms with Gasteiger partial charge in [0.1, 0.15) is 5.01 Å². The molecule has 96 valence electrons. The highest BCUT2D eigenvalue weighted by molar-refractivity contribution is 7.15. The lowest BCUT2D eigenvalue weighted by molar-refractivity contribution is 0.115. The molecule has 1 aromatic heterocycles. The van der Waals surface area contributed by atoms with Gasteiger partial charge in [0.05, 0.1) is 18.8 Å². The van der Waals surface area contributed by atoms with E-state index in [0.717, 1.165) is 23.1 Å². The number of rotatable bonds is 4. The molecule has 0 amide bonds. The Morgan fingerprint density at radius 1 is 1.53 bits per heavy atom. The van der Waals surface area contributed by atoms with E-state index in [0.29, 0.717) is 5.92 Å². The minimum atomic E-state index is 0.105. The van der Waals surface area contributed by atoms with E-state index < -0.39 is 0 Å². The maximum absolute atomic E-state index is 9.39. The van der Waals surface area contributed by atoms with Crippen LogP contribution in [0.5, 0.6) is 0 Å². The Morgan fingerprint density at radius 2 is 2.29 bits per heavy atom. The first kappa shape index (κ1) is 12.7. The van der Waals surface area contributed by atoms with Crippen LogP contribution in [-0.2, 0) is 4.74 Å². The molecule has 0 aromatic carbocycles. The summed E-state index contributed by atoms with van der Waals surface area (Å²) < 4.78 is 5.35. The number of hydrogen-bond donors (Lipinski definition) is 1. The van der Waals surface area contributed by atoms with Crippen LogP contribution in [-0.4, -0.2) is 47.7 Å². The Bertz CT molecular complexity index is 369. The molecular formula is C11H19N3O2S. The zero-order chi connectivity index (χ0) is 12.4. The lowest BCUT2D eigenvalue weighted by Crippen LogP contribution is -2.32. The molecule has 1 aliphatic rings. The van der Waals surface area contributed by atoms with Crippen LogP contribution >= 0.6 is 11.3 Å². The lowest BCUT2D eigenvalue weighted by Gasteiger charge is -2.20. The highest BCUT2D eigenvalue weighted by Gasteiger charge is 2.33. The molecule has 1 saturated heterocycles. The van der Waals surface area contributed by atoms with Crippen LogP contribution in [0.1, 0.15) is 31.2 Å². The molecule has 2 heterocycles. The predicted molar refractivity (Wildman–Crippen MR) is 67.6 cm³/mol. The Hall–Kier alpha value is -0.720. The molecule has 2 rings (SSSR count). The molecular weight excluding hydrogens is 238 g/mol. The van der Waals surface area contributed by atoms with E-state index in [1.165, 1.54) is 0 Å². The number of nitrogens with zero attached hydrogens (tertiary/aromatic N) is 3. The second-order valence-electron chi connectivity index (χ2n) is 4.66. The molecule has 1 aliphatic heterocycles. The van der Waals surface area contributed by atoms with E-state index in [4.69, 9.17) is 4.74 Å². The highest BCUT2D eigenvalue weighted by Crippen LogP contribution is 2.31. The van der Waals surface area contributed by atoms with Crippen molar-refractivity contribution < 1.29 is 9.84 Å². The van der Waals surface area contributed by atoms with Crippen LogP contribution in [0.2, 0.25) is 0 Å². The Balaban J connectivity index is 2.14. The number of methoxy groups -OCH3 is 1. The highest BCUT2D eigenvalue weighted by atomic mass is 32.1. The summed E-state index contributed by atoms with van der Waals surface area (Å²) in [5.41, 5.74) is 0. The largest absolute Gasteiger partial charge is 0.394 e. The summed E-state index contributed by atoms with van der Waals surface area (Å²) in [7, 11) is 1.71. The van der Waals surface area contributed by atoms with Gasteiger partial charge in [0.2, 0.25) is 5.13 Å². The average molecular weight is 257 g/mol. The lowest BCUT2D eigenvalue weighted by atomic mass is 10.2. The molecule has 17 heavy (non-hydrogen) atoms. The van der Waals surface area contributed by atoms with Crippen LogP contribution in [0.15, 0.2) is 0 Å². The number of aromatic nitrogens is 2. The van der Waals surface area contributed by atoms with Gasteiger partial charge in [0.15, 0.2) is 0 Å². The number of ether oxygens (including phenoxy) is 1. The standard InChI is InChI=1S/C11H19N3O2S/c1-7(2)10-12-13-11(17-10)14-5-9(16-3)4-8(14)6-15/h7-9,15H,4-6H2,1-3H3/t8-,9+/m0/s1. The summed E-state index contributed by atoms with van der Waals surface area (Å²) >= 11 is 1.61. The van der Waals surface area contributed by atoms with Crippen molar-refractivity contribution in [1.82, 2.24) is 10.2 Å². The third-order valence-corrected chi connectivity index (χ3v) is 4.35. The molecule has 0 bridgehead atoms.